The van der Waals surface area contributed by atoms with Crippen LogP contribution in [-0.4, -0.2) is 120 Å². The summed E-state index contributed by atoms with van der Waals surface area (Å²) in [5, 5.41) is 20.5. The molecule has 2 N–H and O–H groups in total. The summed E-state index contributed by atoms with van der Waals surface area (Å²) >= 11 is 0. The van der Waals surface area contributed by atoms with Crippen LogP contribution in [0.15, 0.2) is 58.3 Å². The van der Waals surface area contributed by atoms with Gasteiger partial charge < -0.3 is 29.2 Å². The van der Waals surface area contributed by atoms with E-state index in [1.165, 1.54) is 24.3 Å². The molecule has 10 nitrogen and oxygen atoms in total. The van der Waals surface area contributed by atoms with Gasteiger partial charge in [-0.3, -0.25) is 9.80 Å². The van der Waals surface area contributed by atoms with Crippen LogP contribution in [0.3, 0.4) is 0 Å². The Bertz CT molecular complexity index is 973. The predicted molar refractivity (Wildman–Crippen MR) is 136 cm³/mol. The molecule has 204 valence electrons. The lowest BCUT2D eigenvalue weighted by Crippen LogP contribution is -2.42. The first-order valence-corrected chi connectivity index (χ1v) is 14.1. The summed E-state index contributed by atoms with van der Waals surface area (Å²) < 4.78 is 48.0. The molecule has 0 saturated carbocycles. The van der Waals surface area contributed by atoms with Gasteiger partial charge in [-0.25, -0.2) is 8.42 Å². The Hall–Kier alpha value is -2.25. The van der Waals surface area contributed by atoms with Crippen molar-refractivity contribution in [1.82, 2.24) is 9.80 Å². The van der Waals surface area contributed by atoms with Crippen molar-refractivity contribution >= 4 is 9.84 Å². The summed E-state index contributed by atoms with van der Waals surface area (Å²) in [5.74, 6) is 0.971. The number of rotatable bonds is 12. The second-order valence-electron chi connectivity index (χ2n) is 9.20. The highest BCUT2D eigenvalue weighted by molar-refractivity contribution is 7.91. The van der Waals surface area contributed by atoms with E-state index in [0.717, 1.165) is 26.2 Å². The maximum Gasteiger partial charge on any atom is 0.206 e. The average Bonchev–Trinajstić information content (AvgIpc) is 2.92. The highest BCUT2D eigenvalue weighted by Gasteiger charge is 2.19. The van der Waals surface area contributed by atoms with E-state index in [4.69, 9.17) is 18.9 Å². The largest absolute Gasteiger partial charge is 0.491 e. The molecule has 0 amide bonds. The van der Waals surface area contributed by atoms with Crippen molar-refractivity contribution in [3.63, 3.8) is 0 Å². The van der Waals surface area contributed by atoms with Crippen molar-refractivity contribution in [3.05, 3.63) is 48.5 Å². The fourth-order valence-corrected chi connectivity index (χ4v) is 5.48. The van der Waals surface area contributed by atoms with Crippen molar-refractivity contribution in [2.75, 3.05) is 78.9 Å². The SMILES string of the molecule is O=S(=O)(c1ccc(OC[C@@H](O)CN2CCOCC2)cc1)c1ccc(OC[C@H](O)CN2CCOCC2)cc1. The van der Waals surface area contributed by atoms with Crippen molar-refractivity contribution in [3.8, 4) is 11.5 Å². The van der Waals surface area contributed by atoms with Crippen molar-refractivity contribution in [1.29, 1.82) is 0 Å². The zero-order valence-electron chi connectivity index (χ0n) is 20.9. The summed E-state index contributed by atoms with van der Waals surface area (Å²) in [6.45, 7) is 7.04. The Morgan fingerprint density at radius 2 is 1.03 bits per heavy atom. The van der Waals surface area contributed by atoms with Crippen LogP contribution in [0.2, 0.25) is 0 Å². The molecule has 2 aliphatic heterocycles. The number of sulfone groups is 1. The summed E-state index contributed by atoms with van der Waals surface area (Å²) in [6, 6.07) is 12.3. The summed E-state index contributed by atoms with van der Waals surface area (Å²) in [4.78, 5) is 4.53. The second-order valence-corrected chi connectivity index (χ2v) is 11.2. The van der Waals surface area contributed by atoms with Gasteiger partial charge >= 0.3 is 0 Å². The fourth-order valence-electron chi connectivity index (χ4n) is 4.22. The first-order chi connectivity index (χ1) is 17.9. The van der Waals surface area contributed by atoms with Crippen LogP contribution in [0.5, 0.6) is 11.5 Å². The van der Waals surface area contributed by atoms with Gasteiger partial charge in [-0.1, -0.05) is 0 Å². The molecule has 2 saturated heterocycles. The molecule has 4 rings (SSSR count). The second kappa shape index (κ2) is 13.5. The van der Waals surface area contributed by atoms with Gasteiger partial charge in [0.05, 0.1) is 36.2 Å². The highest BCUT2D eigenvalue weighted by atomic mass is 32.2. The lowest BCUT2D eigenvalue weighted by molar-refractivity contribution is 0.00452. The van der Waals surface area contributed by atoms with Crippen LogP contribution >= 0.6 is 0 Å². The molecule has 2 fully saturated rings. The number of hydrogen-bond acceptors (Lipinski definition) is 10. The zero-order chi connectivity index (χ0) is 26.1. The van der Waals surface area contributed by atoms with Crippen LogP contribution in [-0.2, 0) is 19.3 Å². The van der Waals surface area contributed by atoms with Crippen molar-refractivity contribution in [2.24, 2.45) is 0 Å². The molecule has 0 bridgehead atoms. The van der Waals surface area contributed by atoms with Crippen LogP contribution in [0, 0.1) is 0 Å². The number of hydrogen-bond donors (Lipinski definition) is 2. The van der Waals surface area contributed by atoms with Crippen LogP contribution in [0.25, 0.3) is 0 Å². The number of morpholine rings is 2. The van der Waals surface area contributed by atoms with Crippen molar-refractivity contribution in [2.45, 2.75) is 22.0 Å². The molecule has 2 aromatic rings. The van der Waals surface area contributed by atoms with E-state index in [0.29, 0.717) is 51.0 Å². The normalized spacial score (nSPS) is 19.3. The molecule has 0 aromatic heterocycles. The van der Waals surface area contributed by atoms with Gasteiger partial charge in [0.2, 0.25) is 9.84 Å². The molecule has 2 aliphatic rings. The van der Waals surface area contributed by atoms with Crippen molar-refractivity contribution < 1.29 is 37.6 Å². The standard InChI is InChI=1S/C26H36N2O8S/c29-21(17-27-9-13-33-14-10-27)19-35-23-1-5-25(6-2-23)37(31,32)26-7-3-24(4-8-26)36-20-22(30)18-28-11-15-34-16-12-28/h1-8,21-22,29-30H,9-20H2/t21-,22+. The van der Waals surface area contributed by atoms with E-state index in [-0.39, 0.29) is 23.0 Å². The minimum atomic E-state index is -3.72. The van der Waals surface area contributed by atoms with Gasteiger partial charge in [0.15, 0.2) is 0 Å². The Morgan fingerprint density at radius 3 is 1.38 bits per heavy atom. The Morgan fingerprint density at radius 1 is 0.676 bits per heavy atom. The maximum atomic E-state index is 13.0. The molecule has 0 unspecified atom stereocenters. The number of β-amino-alcohol motifs (C(OH)–C–C–N with tert-alkyl or cyclic N) is 2. The summed E-state index contributed by atoms with van der Waals surface area (Å²) in [6.07, 6.45) is -1.30. The molecule has 2 aromatic carbocycles. The maximum absolute atomic E-state index is 13.0. The average molecular weight is 537 g/mol. The molecule has 11 heteroatoms. The third-order valence-electron chi connectivity index (χ3n) is 6.30. The number of aliphatic hydroxyl groups excluding tert-OH is 2. The molecule has 0 spiro atoms. The van der Waals surface area contributed by atoms with Crippen LogP contribution in [0.1, 0.15) is 0 Å². The third kappa shape index (κ3) is 8.37. The monoisotopic (exact) mass is 536 g/mol. The zero-order valence-corrected chi connectivity index (χ0v) is 21.7. The summed E-state index contributed by atoms with van der Waals surface area (Å²) in [5.41, 5.74) is 0. The number of ether oxygens (including phenoxy) is 4. The Kier molecular flexibility index (Phi) is 10.1. The molecule has 37 heavy (non-hydrogen) atoms. The molecule has 2 atom stereocenters. The molecular weight excluding hydrogens is 500 g/mol. The number of aliphatic hydroxyl groups is 2. The summed E-state index contributed by atoms with van der Waals surface area (Å²) in [7, 11) is -3.72. The first kappa shape index (κ1) is 27.8. The van der Waals surface area contributed by atoms with Gasteiger partial charge in [0.25, 0.3) is 0 Å². The fraction of sp³-hybridized carbons (Fsp3) is 0.538. The van der Waals surface area contributed by atoms with E-state index < -0.39 is 22.0 Å². The van der Waals surface area contributed by atoms with E-state index in [1.54, 1.807) is 24.3 Å². The molecule has 0 aliphatic carbocycles. The minimum absolute atomic E-state index is 0.117. The van der Waals surface area contributed by atoms with Crippen LogP contribution in [0.4, 0.5) is 0 Å². The van der Waals surface area contributed by atoms with Gasteiger partial charge in [0, 0.05) is 39.3 Å². The van der Waals surface area contributed by atoms with Gasteiger partial charge in [0.1, 0.15) is 36.9 Å². The Balaban J connectivity index is 1.25. The molecule has 2 heterocycles. The Labute approximate surface area is 218 Å². The topological polar surface area (TPSA) is 118 Å². The van der Waals surface area contributed by atoms with Gasteiger partial charge in [-0.05, 0) is 48.5 Å². The van der Waals surface area contributed by atoms with Gasteiger partial charge in [-0.2, -0.15) is 0 Å². The predicted octanol–water partition coefficient (Wildman–Crippen LogP) is 0.663. The van der Waals surface area contributed by atoms with E-state index in [2.05, 4.69) is 9.80 Å². The number of nitrogens with zero attached hydrogens (tertiary/aromatic N) is 2. The number of benzene rings is 2. The van der Waals surface area contributed by atoms with E-state index >= 15 is 0 Å². The van der Waals surface area contributed by atoms with E-state index in [1.807, 2.05) is 0 Å². The lowest BCUT2D eigenvalue weighted by Gasteiger charge is -2.28. The third-order valence-corrected chi connectivity index (χ3v) is 8.08. The first-order valence-electron chi connectivity index (χ1n) is 12.6. The lowest BCUT2D eigenvalue weighted by atomic mass is 10.3. The molecule has 0 radical (unpaired) electrons. The quantitative estimate of drug-likeness (QED) is 0.401. The smallest absolute Gasteiger partial charge is 0.206 e. The molecular formula is C26H36N2O8S. The van der Waals surface area contributed by atoms with Gasteiger partial charge in [-0.15, -0.1) is 0 Å². The minimum Gasteiger partial charge on any atom is -0.491 e. The highest BCUT2D eigenvalue weighted by Crippen LogP contribution is 2.25. The van der Waals surface area contributed by atoms with Crippen LogP contribution < -0.4 is 9.47 Å². The van der Waals surface area contributed by atoms with E-state index in [9.17, 15) is 18.6 Å².